The molecule has 94 valence electrons. The fourth-order valence-electron chi connectivity index (χ4n) is 1.80. The lowest BCUT2D eigenvalue weighted by atomic mass is 9.88. The van der Waals surface area contributed by atoms with Crippen LogP contribution < -0.4 is 5.73 Å². The lowest BCUT2D eigenvalue weighted by Gasteiger charge is -2.24. The summed E-state index contributed by atoms with van der Waals surface area (Å²) in [6.45, 7) is 5.18. The maximum Gasteiger partial charge on any atom is 0.272 e. The highest BCUT2D eigenvalue weighted by molar-refractivity contribution is 5.39. The molecule has 1 heterocycles. The lowest BCUT2D eigenvalue weighted by Crippen LogP contribution is -2.24. The van der Waals surface area contributed by atoms with Crippen LogP contribution in [0.15, 0.2) is 31.1 Å². The van der Waals surface area contributed by atoms with Gasteiger partial charge in [-0.25, -0.2) is 8.78 Å². The van der Waals surface area contributed by atoms with E-state index in [9.17, 15) is 8.78 Å². The minimum atomic E-state index is -2.93. The highest BCUT2D eigenvalue weighted by atomic mass is 19.3. The summed E-state index contributed by atoms with van der Waals surface area (Å²) < 4.78 is 27.5. The number of nitrogens with two attached hydrogens (primary N) is 1. The van der Waals surface area contributed by atoms with Gasteiger partial charge >= 0.3 is 0 Å². The summed E-state index contributed by atoms with van der Waals surface area (Å²) in [5, 5.41) is 0. The number of alkyl halides is 2. The zero-order chi connectivity index (χ0) is 12.9. The van der Waals surface area contributed by atoms with E-state index in [2.05, 4.69) is 11.6 Å². The molecule has 1 aromatic heterocycles. The number of nitrogens with zero attached hydrogens (tertiary/aromatic N) is 1. The Kier molecular flexibility index (Phi) is 4.61. The molecule has 0 spiro atoms. The second-order valence-corrected chi connectivity index (χ2v) is 4.13. The predicted octanol–water partition coefficient (Wildman–Crippen LogP) is 3.76. The van der Waals surface area contributed by atoms with E-state index >= 15 is 0 Å². The molecule has 1 atom stereocenters. The Morgan fingerprint density at radius 1 is 1.53 bits per heavy atom. The zero-order valence-corrected chi connectivity index (χ0v) is 10.00. The molecule has 2 N–H and O–H groups in total. The van der Waals surface area contributed by atoms with Gasteiger partial charge in [0.2, 0.25) is 0 Å². The first-order valence-corrected chi connectivity index (χ1v) is 5.73. The van der Waals surface area contributed by atoms with Crippen molar-refractivity contribution >= 4 is 5.69 Å². The van der Waals surface area contributed by atoms with Gasteiger partial charge in [0.25, 0.3) is 5.92 Å². The van der Waals surface area contributed by atoms with Crippen molar-refractivity contribution in [1.82, 2.24) is 4.98 Å². The molecule has 1 aromatic rings. The van der Waals surface area contributed by atoms with Crippen LogP contribution in [-0.2, 0) is 0 Å². The van der Waals surface area contributed by atoms with Crippen LogP contribution in [0.2, 0.25) is 0 Å². The van der Waals surface area contributed by atoms with Crippen molar-refractivity contribution in [1.29, 1.82) is 0 Å². The van der Waals surface area contributed by atoms with Gasteiger partial charge in [-0.1, -0.05) is 26.3 Å². The third kappa shape index (κ3) is 3.51. The van der Waals surface area contributed by atoms with Gasteiger partial charge in [-0.15, -0.1) is 0 Å². The number of aromatic nitrogens is 1. The van der Waals surface area contributed by atoms with Gasteiger partial charge in [-0.05, 0) is 24.1 Å². The SMILES string of the molecule is C=CC(F)(F)[C@@H](CCCC)c1cncc(N)c1. The maximum atomic E-state index is 13.8. The van der Waals surface area contributed by atoms with Crippen molar-refractivity contribution in [3.8, 4) is 0 Å². The summed E-state index contributed by atoms with van der Waals surface area (Å²) in [6.07, 6.45) is 5.63. The molecule has 0 aromatic carbocycles. The van der Waals surface area contributed by atoms with Crippen LogP contribution in [-0.4, -0.2) is 10.9 Å². The number of nitrogen functional groups attached to an aromatic ring is 1. The fraction of sp³-hybridized carbons (Fsp3) is 0.462. The fourth-order valence-corrected chi connectivity index (χ4v) is 1.80. The summed E-state index contributed by atoms with van der Waals surface area (Å²) in [7, 11) is 0. The van der Waals surface area contributed by atoms with E-state index in [1.54, 1.807) is 6.07 Å². The molecule has 0 saturated carbocycles. The average Bonchev–Trinajstić information content (AvgIpc) is 2.29. The van der Waals surface area contributed by atoms with Crippen LogP contribution in [0.25, 0.3) is 0 Å². The van der Waals surface area contributed by atoms with Gasteiger partial charge < -0.3 is 5.73 Å². The molecule has 0 fully saturated rings. The van der Waals surface area contributed by atoms with Crippen LogP contribution in [0, 0.1) is 0 Å². The second-order valence-electron chi connectivity index (χ2n) is 4.13. The van der Waals surface area contributed by atoms with E-state index in [0.29, 0.717) is 23.7 Å². The van der Waals surface area contributed by atoms with Crippen molar-refractivity contribution in [2.24, 2.45) is 0 Å². The lowest BCUT2D eigenvalue weighted by molar-refractivity contribution is 0.0203. The standard InChI is InChI=1S/C13H18F2N2/c1-3-5-6-12(13(14,15)4-2)10-7-11(16)9-17-8-10/h4,7-9,12H,2-3,5-6,16H2,1H3/t12-/m0/s1. The summed E-state index contributed by atoms with van der Waals surface area (Å²) in [5.74, 6) is -3.82. The van der Waals surface area contributed by atoms with Crippen LogP contribution in [0.3, 0.4) is 0 Å². The van der Waals surface area contributed by atoms with E-state index in [0.717, 1.165) is 12.8 Å². The van der Waals surface area contributed by atoms with Crippen molar-refractivity contribution in [2.45, 2.75) is 38.0 Å². The molecule has 17 heavy (non-hydrogen) atoms. The molecule has 0 saturated heterocycles. The first-order valence-electron chi connectivity index (χ1n) is 5.73. The summed E-state index contributed by atoms with van der Waals surface area (Å²) in [4.78, 5) is 3.87. The minimum Gasteiger partial charge on any atom is -0.397 e. The van der Waals surface area contributed by atoms with Crippen molar-refractivity contribution in [2.75, 3.05) is 5.73 Å². The second kappa shape index (κ2) is 5.75. The van der Waals surface area contributed by atoms with Gasteiger partial charge in [0.05, 0.1) is 11.6 Å². The Morgan fingerprint density at radius 2 is 2.24 bits per heavy atom. The van der Waals surface area contributed by atoms with Gasteiger partial charge in [-0.3, -0.25) is 4.98 Å². The van der Waals surface area contributed by atoms with Crippen LogP contribution in [0.5, 0.6) is 0 Å². The molecule has 0 amide bonds. The number of pyridine rings is 1. The molecule has 1 rings (SSSR count). The molecule has 0 unspecified atom stereocenters. The molecule has 4 heteroatoms. The largest absolute Gasteiger partial charge is 0.397 e. The monoisotopic (exact) mass is 240 g/mol. The summed E-state index contributed by atoms with van der Waals surface area (Å²) in [6, 6.07) is 1.56. The first kappa shape index (κ1) is 13.6. The zero-order valence-electron chi connectivity index (χ0n) is 10.00. The molecule has 2 nitrogen and oxygen atoms in total. The van der Waals surface area contributed by atoms with Crippen LogP contribution in [0.4, 0.5) is 14.5 Å². The third-order valence-corrected chi connectivity index (χ3v) is 2.77. The van der Waals surface area contributed by atoms with Gasteiger partial charge in [-0.2, -0.15) is 0 Å². The molecule has 0 bridgehead atoms. The van der Waals surface area contributed by atoms with Crippen LogP contribution >= 0.6 is 0 Å². The van der Waals surface area contributed by atoms with E-state index in [1.165, 1.54) is 12.4 Å². The number of anilines is 1. The molecular weight excluding hydrogens is 222 g/mol. The third-order valence-electron chi connectivity index (χ3n) is 2.77. The van der Waals surface area contributed by atoms with Gasteiger partial charge in [0.1, 0.15) is 0 Å². The number of halogens is 2. The highest BCUT2D eigenvalue weighted by Gasteiger charge is 2.37. The number of hydrogen-bond acceptors (Lipinski definition) is 2. The highest BCUT2D eigenvalue weighted by Crippen LogP contribution is 2.38. The molecule has 0 aliphatic rings. The van der Waals surface area contributed by atoms with Crippen LogP contribution in [0.1, 0.15) is 37.7 Å². The molecular formula is C13H18F2N2. The number of hydrogen-bond donors (Lipinski definition) is 1. The quantitative estimate of drug-likeness (QED) is 0.769. The van der Waals surface area contributed by atoms with E-state index in [1.807, 2.05) is 6.92 Å². The van der Waals surface area contributed by atoms with Crippen molar-refractivity contribution in [3.05, 3.63) is 36.7 Å². The molecule has 0 radical (unpaired) electrons. The smallest absolute Gasteiger partial charge is 0.272 e. The predicted molar refractivity (Wildman–Crippen MR) is 66.1 cm³/mol. The number of unbranched alkanes of at least 4 members (excludes halogenated alkanes) is 1. The maximum absolute atomic E-state index is 13.8. The number of rotatable bonds is 6. The Balaban J connectivity index is 3.01. The summed E-state index contributed by atoms with van der Waals surface area (Å²) in [5.41, 5.74) is 6.46. The molecule has 0 aliphatic heterocycles. The van der Waals surface area contributed by atoms with E-state index in [-0.39, 0.29) is 0 Å². The van der Waals surface area contributed by atoms with Gasteiger partial charge in [0, 0.05) is 12.4 Å². The number of allylic oxidation sites excluding steroid dienone is 1. The minimum absolute atomic E-state index is 0.403. The van der Waals surface area contributed by atoms with E-state index in [4.69, 9.17) is 5.73 Å². The Bertz CT molecular complexity index is 377. The van der Waals surface area contributed by atoms with Gasteiger partial charge in [0.15, 0.2) is 0 Å². The summed E-state index contributed by atoms with van der Waals surface area (Å²) >= 11 is 0. The van der Waals surface area contributed by atoms with Crippen molar-refractivity contribution in [3.63, 3.8) is 0 Å². The molecule has 0 aliphatic carbocycles. The normalized spacial score (nSPS) is 13.4. The average molecular weight is 240 g/mol. The Hall–Kier alpha value is -1.45. The first-order chi connectivity index (χ1) is 8.01. The topological polar surface area (TPSA) is 38.9 Å². The Labute approximate surface area is 101 Å². The Morgan fingerprint density at radius 3 is 2.76 bits per heavy atom. The van der Waals surface area contributed by atoms with E-state index < -0.39 is 11.8 Å². The van der Waals surface area contributed by atoms with Crippen molar-refractivity contribution < 1.29 is 8.78 Å².